The lowest BCUT2D eigenvalue weighted by molar-refractivity contribution is 0.0921. The van der Waals surface area contributed by atoms with Crippen LogP contribution < -0.4 is 20.1 Å². The molecule has 23 heavy (non-hydrogen) atoms. The summed E-state index contributed by atoms with van der Waals surface area (Å²) in [5, 5.41) is 6.41. The highest BCUT2D eigenvalue weighted by atomic mass is 79.9. The van der Waals surface area contributed by atoms with E-state index < -0.39 is 0 Å². The Labute approximate surface area is 151 Å². The molecule has 0 bridgehead atoms. The summed E-state index contributed by atoms with van der Waals surface area (Å²) in [5.74, 6) is 1.23. The third kappa shape index (κ3) is 4.31. The highest BCUT2D eigenvalue weighted by molar-refractivity contribution is 9.10. The van der Waals surface area contributed by atoms with E-state index in [0.29, 0.717) is 36.8 Å². The second-order valence-electron chi connectivity index (χ2n) is 6.23. The maximum Gasteiger partial charge on any atom is 0.251 e. The van der Waals surface area contributed by atoms with Gasteiger partial charge in [-0.05, 0) is 59.4 Å². The van der Waals surface area contributed by atoms with Crippen molar-refractivity contribution >= 4 is 34.2 Å². The van der Waals surface area contributed by atoms with Crippen molar-refractivity contribution in [2.24, 2.45) is 5.41 Å². The summed E-state index contributed by atoms with van der Waals surface area (Å²) >= 11 is 3.45. The average molecular weight is 406 g/mol. The number of rotatable bonds is 3. The first-order valence-corrected chi connectivity index (χ1v) is 8.45. The molecular weight excluding hydrogens is 384 g/mol. The predicted molar refractivity (Wildman–Crippen MR) is 94.9 cm³/mol. The molecule has 0 unspecified atom stereocenters. The number of amides is 1. The van der Waals surface area contributed by atoms with Crippen LogP contribution in [-0.4, -0.2) is 38.8 Å². The number of hydrogen-bond acceptors (Lipinski definition) is 4. The summed E-state index contributed by atoms with van der Waals surface area (Å²) in [5.41, 5.74) is 0.764. The lowest BCUT2D eigenvalue weighted by Gasteiger charge is -2.34. The van der Waals surface area contributed by atoms with Crippen molar-refractivity contribution in [2.45, 2.75) is 19.8 Å². The van der Waals surface area contributed by atoms with Crippen molar-refractivity contribution < 1.29 is 14.3 Å². The molecule has 2 heterocycles. The van der Waals surface area contributed by atoms with Crippen LogP contribution in [0, 0.1) is 5.41 Å². The van der Waals surface area contributed by atoms with Crippen LogP contribution in [0.15, 0.2) is 16.6 Å². The monoisotopic (exact) mass is 404 g/mol. The van der Waals surface area contributed by atoms with Gasteiger partial charge in [-0.3, -0.25) is 4.79 Å². The van der Waals surface area contributed by atoms with E-state index in [1.54, 1.807) is 12.1 Å². The molecule has 1 saturated heterocycles. The zero-order valence-electron chi connectivity index (χ0n) is 13.1. The first-order valence-electron chi connectivity index (χ1n) is 7.65. The van der Waals surface area contributed by atoms with Crippen molar-refractivity contribution in [3.05, 3.63) is 22.2 Å². The molecule has 0 saturated carbocycles. The standard InChI is InChI=1S/C16H21BrN2O3.ClH/c1-16(2-4-18-5-3-16)10-19-15(20)11-8-12(17)14-13(9-11)21-6-7-22-14;/h8-9,18H,2-7,10H2,1H3,(H,19,20);1H. The smallest absolute Gasteiger partial charge is 0.251 e. The van der Waals surface area contributed by atoms with Crippen LogP contribution in [0.3, 0.4) is 0 Å². The summed E-state index contributed by atoms with van der Waals surface area (Å²) < 4.78 is 11.9. The largest absolute Gasteiger partial charge is 0.486 e. The number of hydrogen-bond donors (Lipinski definition) is 2. The Morgan fingerprint density at radius 1 is 1.30 bits per heavy atom. The van der Waals surface area contributed by atoms with Crippen LogP contribution in [0.25, 0.3) is 0 Å². The van der Waals surface area contributed by atoms with Crippen molar-refractivity contribution in [3.8, 4) is 11.5 Å². The molecule has 2 aliphatic rings. The van der Waals surface area contributed by atoms with Crippen molar-refractivity contribution in [1.82, 2.24) is 10.6 Å². The molecule has 2 aliphatic heterocycles. The van der Waals surface area contributed by atoms with Crippen molar-refractivity contribution in [2.75, 3.05) is 32.8 Å². The van der Waals surface area contributed by atoms with Crippen LogP contribution in [-0.2, 0) is 0 Å². The van der Waals surface area contributed by atoms with Crippen LogP contribution in [0.4, 0.5) is 0 Å². The van der Waals surface area contributed by atoms with Gasteiger partial charge in [-0.25, -0.2) is 0 Å². The van der Waals surface area contributed by atoms with E-state index in [1.807, 2.05) is 0 Å². The molecular formula is C16H22BrClN2O3. The Kier molecular flexibility index (Phi) is 6.17. The Morgan fingerprint density at radius 3 is 2.74 bits per heavy atom. The topological polar surface area (TPSA) is 59.6 Å². The summed E-state index contributed by atoms with van der Waals surface area (Å²) in [6, 6.07) is 3.53. The molecule has 0 aliphatic carbocycles. The molecule has 7 heteroatoms. The highest BCUT2D eigenvalue weighted by Gasteiger charge is 2.27. The van der Waals surface area contributed by atoms with Crippen LogP contribution in [0.5, 0.6) is 11.5 Å². The van der Waals surface area contributed by atoms with Gasteiger partial charge in [-0.15, -0.1) is 12.4 Å². The van der Waals surface area contributed by atoms with Gasteiger partial charge in [-0.2, -0.15) is 0 Å². The molecule has 2 N–H and O–H groups in total. The van der Waals surface area contributed by atoms with E-state index in [2.05, 4.69) is 33.5 Å². The van der Waals surface area contributed by atoms with E-state index in [4.69, 9.17) is 9.47 Å². The second-order valence-corrected chi connectivity index (χ2v) is 7.08. The number of ether oxygens (including phenoxy) is 2. The van der Waals surface area contributed by atoms with Gasteiger partial charge in [0.2, 0.25) is 0 Å². The minimum atomic E-state index is -0.0718. The van der Waals surface area contributed by atoms with E-state index in [9.17, 15) is 4.79 Å². The molecule has 5 nitrogen and oxygen atoms in total. The second kappa shape index (κ2) is 7.73. The maximum atomic E-state index is 12.4. The van der Waals surface area contributed by atoms with Crippen LogP contribution in [0.2, 0.25) is 0 Å². The molecule has 1 amide bonds. The average Bonchev–Trinajstić information content (AvgIpc) is 2.53. The number of fused-ring (bicyclic) bond motifs is 1. The van der Waals surface area contributed by atoms with E-state index in [-0.39, 0.29) is 23.7 Å². The van der Waals surface area contributed by atoms with Gasteiger partial charge in [0.05, 0.1) is 4.47 Å². The number of nitrogens with one attached hydrogen (secondary N) is 2. The third-order valence-electron chi connectivity index (χ3n) is 4.35. The molecule has 3 rings (SSSR count). The van der Waals surface area contributed by atoms with Gasteiger partial charge in [0, 0.05) is 12.1 Å². The fraction of sp³-hybridized carbons (Fsp3) is 0.562. The summed E-state index contributed by atoms with van der Waals surface area (Å²) in [7, 11) is 0. The Balaban J connectivity index is 0.00000192. The van der Waals surface area contributed by atoms with Gasteiger partial charge in [-0.1, -0.05) is 6.92 Å². The Hall–Kier alpha value is -0.980. The molecule has 0 atom stereocenters. The summed E-state index contributed by atoms with van der Waals surface area (Å²) in [4.78, 5) is 12.4. The number of benzene rings is 1. The summed E-state index contributed by atoms with van der Waals surface area (Å²) in [6.07, 6.45) is 2.16. The fourth-order valence-corrected chi connectivity index (χ4v) is 3.40. The highest BCUT2D eigenvalue weighted by Crippen LogP contribution is 2.38. The first-order chi connectivity index (χ1) is 10.6. The van der Waals surface area contributed by atoms with Crippen molar-refractivity contribution in [1.29, 1.82) is 0 Å². The lowest BCUT2D eigenvalue weighted by atomic mass is 9.81. The van der Waals surface area contributed by atoms with Gasteiger partial charge in [0.25, 0.3) is 5.91 Å². The number of carbonyl (C=O) groups is 1. The van der Waals surface area contributed by atoms with E-state index in [0.717, 1.165) is 30.4 Å². The normalized spacial score (nSPS) is 18.7. The van der Waals surface area contributed by atoms with E-state index >= 15 is 0 Å². The van der Waals surface area contributed by atoms with Gasteiger partial charge < -0.3 is 20.1 Å². The van der Waals surface area contributed by atoms with E-state index in [1.165, 1.54) is 0 Å². The lowest BCUT2D eigenvalue weighted by Crippen LogP contribution is -2.42. The van der Waals surface area contributed by atoms with Gasteiger partial charge >= 0.3 is 0 Å². The molecule has 1 fully saturated rings. The minimum Gasteiger partial charge on any atom is -0.486 e. The zero-order chi connectivity index (χ0) is 15.6. The number of halogens is 2. The Bertz CT molecular complexity index is 577. The molecule has 0 aromatic heterocycles. The summed E-state index contributed by atoms with van der Waals surface area (Å²) in [6.45, 7) is 6.00. The van der Waals surface area contributed by atoms with Crippen molar-refractivity contribution in [3.63, 3.8) is 0 Å². The van der Waals surface area contributed by atoms with Gasteiger partial charge in [0.1, 0.15) is 13.2 Å². The minimum absolute atomic E-state index is 0. The third-order valence-corrected chi connectivity index (χ3v) is 4.93. The molecule has 1 aromatic rings. The van der Waals surface area contributed by atoms with Crippen LogP contribution >= 0.6 is 28.3 Å². The molecule has 0 spiro atoms. The fourth-order valence-electron chi connectivity index (χ4n) is 2.84. The SMILES string of the molecule is CC1(CNC(=O)c2cc(Br)c3c(c2)OCCO3)CCNCC1.Cl. The molecule has 128 valence electrons. The first kappa shape index (κ1) is 18.4. The zero-order valence-corrected chi connectivity index (χ0v) is 15.5. The number of piperidine rings is 1. The number of carbonyl (C=O) groups excluding carboxylic acids is 1. The quantitative estimate of drug-likeness (QED) is 0.812. The van der Waals surface area contributed by atoms with Gasteiger partial charge in [0.15, 0.2) is 11.5 Å². The van der Waals surface area contributed by atoms with Crippen LogP contribution in [0.1, 0.15) is 30.1 Å². The Morgan fingerprint density at radius 2 is 2.00 bits per heavy atom. The molecule has 1 aromatic carbocycles. The predicted octanol–water partition coefficient (Wildman–Crippen LogP) is 2.76. The maximum absolute atomic E-state index is 12.4. The molecule has 0 radical (unpaired) electrons.